The number of benzene rings is 1. The van der Waals surface area contributed by atoms with Crippen molar-refractivity contribution in [3.05, 3.63) is 28.8 Å². The van der Waals surface area contributed by atoms with Crippen molar-refractivity contribution in [3.8, 4) is 5.75 Å². The van der Waals surface area contributed by atoms with Crippen molar-refractivity contribution in [2.24, 2.45) is 5.92 Å². The first kappa shape index (κ1) is 13.5. The van der Waals surface area contributed by atoms with Gasteiger partial charge in [-0.25, -0.2) is 0 Å². The molecule has 92 valence electrons. The van der Waals surface area contributed by atoms with Crippen LogP contribution in [0.25, 0.3) is 0 Å². The number of ketones is 1. The number of Topliss-reactive ketones (excluding diaryl/α,β-unsaturated/α-hetero) is 1. The lowest BCUT2D eigenvalue weighted by atomic mass is 10.00. The highest BCUT2D eigenvalue weighted by Gasteiger charge is 2.19. The molecule has 1 atom stereocenters. The molecular weight excluding hydrogens is 244 g/mol. The van der Waals surface area contributed by atoms with Crippen molar-refractivity contribution < 1.29 is 19.4 Å². The van der Waals surface area contributed by atoms with E-state index in [2.05, 4.69) is 0 Å². The second kappa shape index (κ2) is 5.68. The summed E-state index contributed by atoms with van der Waals surface area (Å²) in [5.74, 6) is -1.45. The Morgan fingerprint density at radius 2 is 2.12 bits per heavy atom. The summed E-state index contributed by atoms with van der Waals surface area (Å²) in [6.45, 7) is 1.48. The first-order chi connectivity index (χ1) is 7.95. The van der Waals surface area contributed by atoms with E-state index in [-0.39, 0.29) is 17.2 Å². The smallest absolute Gasteiger partial charge is 0.306 e. The molecule has 0 heterocycles. The molecule has 1 unspecified atom stereocenters. The maximum absolute atomic E-state index is 11.8. The number of methoxy groups -OCH3 is 1. The summed E-state index contributed by atoms with van der Waals surface area (Å²) in [6.07, 6.45) is -0.0681. The number of aliphatic carboxylic acids is 1. The molecule has 0 aromatic heterocycles. The van der Waals surface area contributed by atoms with Crippen LogP contribution >= 0.6 is 11.6 Å². The van der Waals surface area contributed by atoms with E-state index in [1.54, 1.807) is 6.07 Å². The molecule has 5 heteroatoms. The Morgan fingerprint density at radius 1 is 1.47 bits per heavy atom. The standard InChI is InChI=1S/C12H13ClO4/c1-7(12(15)16)5-11(14)9-4-3-8(17-2)6-10(9)13/h3-4,6-7H,5H2,1-2H3,(H,15,16). The molecule has 0 aliphatic carbocycles. The van der Waals surface area contributed by atoms with Gasteiger partial charge in [-0.2, -0.15) is 0 Å². The fraction of sp³-hybridized carbons (Fsp3) is 0.333. The van der Waals surface area contributed by atoms with Crippen LogP contribution in [0.3, 0.4) is 0 Å². The molecule has 1 aromatic rings. The van der Waals surface area contributed by atoms with Gasteiger partial charge >= 0.3 is 5.97 Å². The first-order valence-corrected chi connectivity index (χ1v) is 5.43. The summed E-state index contributed by atoms with van der Waals surface area (Å²) in [4.78, 5) is 22.4. The molecule has 1 aromatic carbocycles. The number of ether oxygens (including phenoxy) is 1. The van der Waals surface area contributed by atoms with Gasteiger partial charge in [0.1, 0.15) is 5.75 Å². The summed E-state index contributed by atoms with van der Waals surface area (Å²) in [6, 6.07) is 4.68. The molecule has 0 aliphatic rings. The summed E-state index contributed by atoms with van der Waals surface area (Å²) in [5, 5.41) is 8.99. The zero-order valence-electron chi connectivity index (χ0n) is 9.57. The molecule has 0 amide bonds. The SMILES string of the molecule is COc1ccc(C(=O)CC(C)C(=O)O)c(Cl)c1. The molecule has 1 rings (SSSR count). The molecule has 0 saturated heterocycles. The minimum Gasteiger partial charge on any atom is -0.497 e. The van der Waals surface area contributed by atoms with Gasteiger partial charge in [-0.15, -0.1) is 0 Å². The average molecular weight is 257 g/mol. The molecule has 0 fully saturated rings. The Bertz CT molecular complexity index is 442. The van der Waals surface area contributed by atoms with Crippen LogP contribution in [0.4, 0.5) is 0 Å². The molecule has 1 N–H and O–H groups in total. The summed E-state index contributed by atoms with van der Waals surface area (Å²) in [7, 11) is 1.50. The fourth-order valence-corrected chi connectivity index (χ4v) is 1.60. The predicted octanol–water partition coefficient (Wildman–Crippen LogP) is 2.64. The second-order valence-electron chi connectivity index (χ2n) is 3.71. The number of hydrogen-bond donors (Lipinski definition) is 1. The van der Waals surface area contributed by atoms with Gasteiger partial charge in [0.15, 0.2) is 5.78 Å². The van der Waals surface area contributed by atoms with E-state index < -0.39 is 11.9 Å². The molecule has 4 nitrogen and oxygen atoms in total. The Balaban J connectivity index is 2.86. The van der Waals surface area contributed by atoms with Gasteiger partial charge in [0.05, 0.1) is 18.1 Å². The number of carbonyl (C=O) groups excluding carboxylic acids is 1. The minimum atomic E-state index is -0.997. The average Bonchev–Trinajstić information content (AvgIpc) is 2.28. The van der Waals surface area contributed by atoms with E-state index in [1.807, 2.05) is 0 Å². The highest BCUT2D eigenvalue weighted by molar-refractivity contribution is 6.34. The van der Waals surface area contributed by atoms with Crippen molar-refractivity contribution in [1.82, 2.24) is 0 Å². The van der Waals surface area contributed by atoms with E-state index in [1.165, 1.54) is 26.2 Å². The third-order valence-corrected chi connectivity index (χ3v) is 2.70. The van der Waals surface area contributed by atoms with Crippen LogP contribution in [0.2, 0.25) is 5.02 Å². The van der Waals surface area contributed by atoms with E-state index in [0.29, 0.717) is 11.3 Å². The molecule has 0 bridgehead atoms. The van der Waals surface area contributed by atoms with Gasteiger partial charge in [-0.05, 0) is 18.2 Å². The van der Waals surface area contributed by atoms with Crippen LogP contribution in [0.1, 0.15) is 23.7 Å². The quantitative estimate of drug-likeness (QED) is 0.823. The Labute approximate surface area is 104 Å². The lowest BCUT2D eigenvalue weighted by molar-refractivity contribution is -0.141. The van der Waals surface area contributed by atoms with Gasteiger partial charge < -0.3 is 9.84 Å². The largest absolute Gasteiger partial charge is 0.497 e. The van der Waals surface area contributed by atoms with E-state index >= 15 is 0 Å². The highest BCUT2D eigenvalue weighted by atomic mass is 35.5. The number of carboxylic acids is 1. The molecule has 0 aliphatic heterocycles. The van der Waals surface area contributed by atoms with E-state index in [9.17, 15) is 9.59 Å². The molecule has 0 spiro atoms. The van der Waals surface area contributed by atoms with Crippen LogP contribution < -0.4 is 4.74 Å². The van der Waals surface area contributed by atoms with Crippen molar-refractivity contribution in [3.63, 3.8) is 0 Å². The molecular formula is C12H13ClO4. The second-order valence-corrected chi connectivity index (χ2v) is 4.12. The Kier molecular flexibility index (Phi) is 4.52. The summed E-state index contributed by atoms with van der Waals surface area (Å²) >= 11 is 5.92. The topological polar surface area (TPSA) is 63.6 Å². The van der Waals surface area contributed by atoms with Crippen LogP contribution in [0, 0.1) is 5.92 Å². The maximum atomic E-state index is 11.8. The Morgan fingerprint density at radius 3 is 2.59 bits per heavy atom. The summed E-state index contributed by atoms with van der Waals surface area (Å²) in [5.41, 5.74) is 0.320. The van der Waals surface area contributed by atoms with Gasteiger partial charge in [0.2, 0.25) is 0 Å². The van der Waals surface area contributed by atoms with Crippen molar-refractivity contribution in [2.75, 3.05) is 7.11 Å². The van der Waals surface area contributed by atoms with Gasteiger partial charge in [-0.3, -0.25) is 9.59 Å². The lowest BCUT2D eigenvalue weighted by Crippen LogP contribution is -2.15. The van der Waals surface area contributed by atoms with Gasteiger partial charge in [-0.1, -0.05) is 18.5 Å². The number of carboxylic acid groups (broad SMARTS) is 1. The first-order valence-electron chi connectivity index (χ1n) is 5.05. The third kappa shape index (κ3) is 3.46. The Hall–Kier alpha value is -1.55. The fourth-order valence-electron chi connectivity index (χ4n) is 1.32. The van der Waals surface area contributed by atoms with Crippen molar-refractivity contribution in [1.29, 1.82) is 0 Å². The van der Waals surface area contributed by atoms with Crippen molar-refractivity contribution in [2.45, 2.75) is 13.3 Å². The number of halogens is 1. The van der Waals surface area contributed by atoms with Crippen molar-refractivity contribution >= 4 is 23.4 Å². The minimum absolute atomic E-state index is 0.0681. The predicted molar refractivity (Wildman–Crippen MR) is 63.8 cm³/mol. The zero-order chi connectivity index (χ0) is 13.0. The zero-order valence-corrected chi connectivity index (χ0v) is 10.3. The number of carbonyl (C=O) groups is 2. The maximum Gasteiger partial charge on any atom is 0.306 e. The van der Waals surface area contributed by atoms with Gasteiger partial charge in [0.25, 0.3) is 0 Å². The summed E-state index contributed by atoms with van der Waals surface area (Å²) < 4.78 is 4.96. The number of hydrogen-bond acceptors (Lipinski definition) is 3. The third-order valence-electron chi connectivity index (χ3n) is 2.39. The van der Waals surface area contributed by atoms with Crippen LogP contribution in [0.15, 0.2) is 18.2 Å². The van der Waals surface area contributed by atoms with Crippen LogP contribution in [-0.2, 0) is 4.79 Å². The normalized spacial score (nSPS) is 11.9. The number of rotatable bonds is 5. The lowest BCUT2D eigenvalue weighted by Gasteiger charge is -2.08. The molecule has 0 radical (unpaired) electrons. The van der Waals surface area contributed by atoms with Crippen LogP contribution in [0.5, 0.6) is 5.75 Å². The van der Waals surface area contributed by atoms with E-state index in [4.69, 9.17) is 21.4 Å². The molecule has 17 heavy (non-hydrogen) atoms. The monoisotopic (exact) mass is 256 g/mol. The van der Waals surface area contributed by atoms with Crippen LogP contribution in [-0.4, -0.2) is 24.0 Å². The highest BCUT2D eigenvalue weighted by Crippen LogP contribution is 2.24. The molecule has 0 saturated carbocycles. The van der Waals surface area contributed by atoms with E-state index in [0.717, 1.165) is 0 Å². The van der Waals surface area contributed by atoms with Gasteiger partial charge in [0, 0.05) is 12.0 Å².